The summed E-state index contributed by atoms with van der Waals surface area (Å²) in [6, 6.07) is 14.4. The third-order valence-electron chi connectivity index (χ3n) is 5.55. The number of urea groups is 1. The van der Waals surface area contributed by atoms with Gasteiger partial charge >= 0.3 is 6.03 Å². The van der Waals surface area contributed by atoms with Crippen LogP contribution in [-0.4, -0.2) is 60.3 Å². The lowest BCUT2D eigenvalue weighted by molar-refractivity contribution is -0.378. The van der Waals surface area contributed by atoms with Gasteiger partial charge in [-0.3, -0.25) is 4.90 Å². The number of amides is 2. The number of carbonyl (C=O) groups excluding carboxylic acids is 1. The Balaban J connectivity index is 1.35. The number of benzene rings is 1. The molecule has 4 heterocycles. The summed E-state index contributed by atoms with van der Waals surface area (Å²) in [5.74, 6) is 2.63. The molecule has 176 valence electrons. The van der Waals surface area contributed by atoms with E-state index in [0.717, 1.165) is 29.0 Å². The van der Waals surface area contributed by atoms with Gasteiger partial charge in [0.25, 0.3) is 11.7 Å². The second-order valence-corrected chi connectivity index (χ2v) is 7.95. The molecule has 2 amide bonds. The van der Waals surface area contributed by atoms with E-state index < -0.39 is 12.7 Å². The summed E-state index contributed by atoms with van der Waals surface area (Å²) >= 11 is 0. The van der Waals surface area contributed by atoms with E-state index in [-0.39, 0.29) is 12.6 Å². The number of aromatic amines is 1. The number of nitrogens with one attached hydrogen (secondary N) is 2. The number of ether oxygens (including phenoxy) is 3. The normalized spacial score (nSPS) is 14.9. The molecule has 0 saturated carbocycles. The molecule has 2 aliphatic heterocycles. The molecule has 1 aromatic carbocycles. The zero-order chi connectivity index (χ0) is 23.5. The predicted octanol–water partition coefficient (Wildman–Crippen LogP) is 1.66. The largest absolute Gasteiger partial charge is 0.493 e. The number of aromatic nitrogens is 2. The number of rotatable bonds is 6. The van der Waals surface area contributed by atoms with Crippen LogP contribution in [0.25, 0.3) is 11.3 Å². The molecule has 34 heavy (non-hydrogen) atoms. The number of hydrogen-bond acceptors (Lipinski definition) is 7. The molecule has 0 aliphatic carbocycles. The van der Waals surface area contributed by atoms with E-state index in [1.54, 1.807) is 18.2 Å². The van der Waals surface area contributed by atoms with Gasteiger partial charge in [0.15, 0.2) is 11.6 Å². The lowest BCUT2D eigenvalue weighted by Gasteiger charge is -2.27. The summed E-state index contributed by atoms with van der Waals surface area (Å²) in [6.07, 6.45) is -0.126. The fourth-order valence-electron chi connectivity index (χ4n) is 3.83. The molecule has 2 aliphatic rings. The fraction of sp³-hybridized carbons (Fsp3) is 0.292. The summed E-state index contributed by atoms with van der Waals surface area (Å²) in [5, 5.41) is 21.2. The van der Waals surface area contributed by atoms with Gasteiger partial charge < -0.3 is 24.4 Å². The third kappa shape index (κ3) is 4.59. The SMILES string of the molecule is O=C(Nc1cccc(OC[C@H](O)CO)[nH+]1)N1CCOc2ccc(-c3ccc4c(c3)CCO4)nc21. The first-order valence-electron chi connectivity index (χ1n) is 11.0. The smallest absolute Gasteiger partial charge is 0.415 e. The molecule has 10 heteroatoms. The summed E-state index contributed by atoms with van der Waals surface area (Å²) in [4.78, 5) is 22.3. The minimum Gasteiger partial charge on any atom is -0.493 e. The lowest BCUT2D eigenvalue weighted by atomic mass is 10.1. The average Bonchev–Trinajstić information content (AvgIpc) is 3.35. The van der Waals surface area contributed by atoms with E-state index in [2.05, 4.69) is 16.4 Å². The van der Waals surface area contributed by atoms with Crippen molar-refractivity contribution in [3.8, 4) is 28.6 Å². The van der Waals surface area contributed by atoms with Gasteiger partial charge in [-0.25, -0.2) is 14.8 Å². The minimum absolute atomic E-state index is 0.0806. The first kappa shape index (κ1) is 21.9. The summed E-state index contributed by atoms with van der Waals surface area (Å²) < 4.78 is 16.7. The standard InChI is InChI=1S/C24H24N4O6/c29-13-17(30)14-34-22-3-1-2-21(26-22)27-24(31)28-9-11-33-20-7-5-18(25-23(20)28)15-4-6-19-16(12-15)8-10-32-19/h1-7,12,17,29-30H,8-11,13-14H2,(H,26,27,31)/p+1/t17-/m1/s1. The number of nitrogens with zero attached hydrogens (tertiary/aromatic N) is 2. The Hall–Kier alpha value is -3.89. The van der Waals surface area contributed by atoms with Crippen molar-refractivity contribution in [1.29, 1.82) is 0 Å². The molecular formula is C24H25N4O6+. The number of carbonyl (C=O) groups is 1. The van der Waals surface area contributed by atoms with Gasteiger partial charge in [-0.1, -0.05) is 0 Å². The van der Waals surface area contributed by atoms with E-state index >= 15 is 0 Å². The van der Waals surface area contributed by atoms with Crippen molar-refractivity contribution < 1.29 is 34.2 Å². The zero-order valence-electron chi connectivity index (χ0n) is 18.4. The van der Waals surface area contributed by atoms with Crippen LogP contribution in [0.15, 0.2) is 48.5 Å². The van der Waals surface area contributed by atoms with Crippen LogP contribution in [0.5, 0.6) is 17.4 Å². The van der Waals surface area contributed by atoms with Crippen LogP contribution < -0.4 is 29.4 Å². The Labute approximate surface area is 195 Å². The molecule has 0 bridgehead atoms. The van der Waals surface area contributed by atoms with Crippen LogP contribution >= 0.6 is 0 Å². The topological polar surface area (TPSA) is 128 Å². The molecule has 2 aromatic heterocycles. The van der Waals surface area contributed by atoms with Crippen LogP contribution in [0.2, 0.25) is 0 Å². The van der Waals surface area contributed by atoms with Gasteiger partial charge in [0, 0.05) is 24.1 Å². The lowest BCUT2D eigenvalue weighted by Crippen LogP contribution is -2.42. The zero-order valence-corrected chi connectivity index (χ0v) is 18.4. The molecule has 10 nitrogen and oxygen atoms in total. The first-order chi connectivity index (χ1) is 16.6. The predicted molar refractivity (Wildman–Crippen MR) is 122 cm³/mol. The van der Waals surface area contributed by atoms with E-state index in [0.29, 0.717) is 43.0 Å². The number of pyridine rings is 2. The third-order valence-corrected chi connectivity index (χ3v) is 5.55. The molecule has 5 rings (SSSR count). The summed E-state index contributed by atoms with van der Waals surface area (Å²) in [5.41, 5.74) is 2.83. The van der Waals surface area contributed by atoms with Crippen molar-refractivity contribution in [1.82, 2.24) is 4.98 Å². The van der Waals surface area contributed by atoms with Crippen molar-refractivity contribution in [2.45, 2.75) is 12.5 Å². The number of H-pyrrole nitrogens is 1. The molecule has 0 saturated heterocycles. The van der Waals surface area contributed by atoms with Crippen molar-refractivity contribution in [3.63, 3.8) is 0 Å². The molecule has 0 fully saturated rings. The van der Waals surface area contributed by atoms with Crippen LogP contribution in [0, 0.1) is 0 Å². The van der Waals surface area contributed by atoms with Gasteiger partial charge in [-0.05, 0) is 42.0 Å². The van der Waals surface area contributed by atoms with Crippen LogP contribution in [0.1, 0.15) is 5.56 Å². The Kier molecular flexibility index (Phi) is 6.15. The molecule has 0 spiro atoms. The molecular weight excluding hydrogens is 440 g/mol. The maximum absolute atomic E-state index is 13.1. The fourth-order valence-corrected chi connectivity index (χ4v) is 3.83. The van der Waals surface area contributed by atoms with Gasteiger partial charge in [0.2, 0.25) is 0 Å². The van der Waals surface area contributed by atoms with Crippen molar-refractivity contribution in [3.05, 3.63) is 54.1 Å². The van der Waals surface area contributed by atoms with Crippen LogP contribution in [0.3, 0.4) is 0 Å². The highest BCUT2D eigenvalue weighted by Gasteiger charge is 2.29. The Morgan fingerprint density at radius 2 is 2.03 bits per heavy atom. The summed E-state index contributed by atoms with van der Waals surface area (Å²) in [7, 11) is 0. The molecule has 0 radical (unpaired) electrons. The maximum Gasteiger partial charge on any atom is 0.415 e. The Bertz CT molecular complexity index is 1200. The van der Waals surface area contributed by atoms with Gasteiger partial charge in [-0.2, -0.15) is 5.32 Å². The number of anilines is 2. The van der Waals surface area contributed by atoms with Gasteiger partial charge in [0.05, 0.1) is 25.5 Å². The first-order valence-corrected chi connectivity index (χ1v) is 11.0. The highest BCUT2D eigenvalue weighted by Crippen LogP contribution is 2.35. The monoisotopic (exact) mass is 465 g/mol. The van der Waals surface area contributed by atoms with Crippen LogP contribution in [0.4, 0.5) is 16.4 Å². The minimum atomic E-state index is -0.991. The highest BCUT2D eigenvalue weighted by molar-refractivity contribution is 6.01. The Morgan fingerprint density at radius 1 is 1.18 bits per heavy atom. The van der Waals surface area contributed by atoms with Crippen molar-refractivity contribution >= 4 is 17.7 Å². The molecule has 4 N–H and O–H groups in total. The summed E-state index contributed by atoms with van der Waals surface area (Å²) in [6.45, 7) is 0.892. The number of fused-ring (bicyclic) bond motifs is 2. The second kappa shape index (κ2) is 9.54. The molecule has 1 atom stereocenters. The van der Waals surface area contributed by atoms with E-state index in [4.69, 9.17) is 24.3 Å². The van der Waals surface area contributed by atoms with E-state index in [9.17, 15) is 9.90 Å². The van der Waals surface area contributed by atoms with Gasteiger partial charge in [-0.15, -0.1) is 0 Å². The molecule has 3 aromatic rings. The number of aliphatic hydroxyl groups excluding tert-OH is 2. The van der Waals surface area contributed by atoms with Crippen molar-refractivity contribution in [2.75, 3.05) is 43.2 Å². The van der Waals surface area contributed by atoms with Crippen molar-refractivity contribution in [2.24, 2.45) is 0 Å². The Morgan fingerprint density at radius 3 is 2.91 bits per heavy atom. The highest BCUT2D eigenvalue weighted by atomic mass is 16.5. The number of hydrogen-bond donors (Lipinski definition) is 3. The number of aliphatic hydroxyl groups is 2. The van der Waals surface area contributed by atoms with Crippen LogP contribution in [-0.2, 0) is 6.42 Å². The van der Waals surface area contributed by atoms with Gasteiger partial charge in [0.1, 0.15) is 25.1 Å². The quantitative estimate of drug-likeness (QED) is 0.505. The maximum atomic E-state index is 13.1. The van der Waals surface area contributed by atoms with E-state index in [1.807, 2.05) is 24.3 Å². The molecule has 0 unspecified atom stereocenters. The van der Waals surface area contributed by atoms with E-state index in [1.165, 1.54) is 4.90 Å². The average molecular weight is 465 g/mol. The second-order valence-electron chi connectivity index (χ2n) is 7.95.